The Labute approximate surface area is 99.3 Å². The van der Waals surface area contributed by atoms with E-state index in [1.54, 1.807) is 11.3 Å². The number of anilines is 1. The minimum atomic E-state index is 0.813. The Morgan fingerprint density at radius 3 is 2.94 bits per heavy atom. The van der Waals surface area contributed by atoms with Gasteiger partial charge in [-0.2, -0.15) is 0 Å². The highest BCUT2D eigenvalue weighted by molar-refractivity contribution is 7.09. The lowest BCUT2D eigenvalue weighted by Gasteiger charge is -2.04. The Kier molecular flexibility index (Phi) is 3.54. The van der Waals surface area contributed by atoms with E-state index in [4.69, 9.17) is 5.73 Å². The van der Waals surface area contributed by atoms with Gasteiger partial charge in [0.2, 0.25) is 0 Å². The van der Waals surface area contributed by atoms with Crippen LogP contribution in [0.15, 0.2) is 29.8 Å². The molecule has 0 bridgehead atoms. The van der Waals surface area contributed by atoms with Crippen LogP contribution in [0.2, 0.25) is 0 Å². The maximum Gasteiger partial charge on any atom is 0.0798 e. The fraction of sp³-hybridized carbons (Fsp3) is 0.250. The number of nitrogen functional groups attached to an aromatic ring is 1. The summed E-state index contributed by atoms with van der Waals surface area (Å²) in [5.41, 5.74) is 10.7. The van der Waals surface area contributed by atoms with Crippen LogP contribution < -0.4 is 11.1 Å². The predicted octanol–water partition coefficient (Wildman–Crippen LogP) is 2.32. The topological polar surface area (TPSA) is 50.9 Å². The van der Waals surface area contributed by atoms with Gasteiger partial charge in [0.25, 0.3) is 0 Å². The minimum Gasteiger partial charge on any atom is -0.399 e. The van der Waals surface area contributed by atoms with Crippen LogP contribution in [-0.4, -0.2) is 4.98 Å². The second-order valence-electron chi connectivity index (χ2n) is 3.71. The Morgan fingerprint density at radius 2 is 2.25 bits per heavy atom. The van der Waals surface area contributed by atoms with E-state index >= 15 is 0 Å². The third-order valence-electron chi connectivity index (χ3n) is 2.41. The van der Waals surface area contributed by atoms with Crippen LogP contribution in [0.25, 0.3) is 0 Å². The Hall–Kier alpha value is -1.39. The van der Waals surface area contributed by atoms with Crippen LogP contribution in [0, 0.1) is 6.92 Å². The third kappa shape index (κ3) is 2.81. The second kappa shape index (κ2) is 5.09. The molecule has 2 aromatic rings. The number of nitrogens with one attached hydrogen (secondary N) is 1. The number of thiazole rings is 1. The molecule has 0 aliphatic rings. The molecule has 0 aliphatic heterocycles. The molecule has 0 aliphatic carbocycles. The lowest BCUT2D eigenvalue weighted by molar-refractivity contribution is 0.697. The van der Waals surface area contributed by atoms with Crippen molar-refractivity contribution in [3.05, 3.63) is 45.9 Å². The number of rotatable bonds is 4. The Bertz CT molecular complexity index is 465. The third-order valence-corrected chi connectivity index (χ3v) is 3.35. The van der Waals surface area contributed by atoms with Gasteiger partial charge in [-0.3, -0.25) is 0 Å². The van der Waals surface area contributed by atoms with E-state index in [1.807, 2.05) is 30.6 Å². The molecule has 0 saturated carbocycles. The van der Waals surface area contributed by atoms with Crippen molar-refractivity contribution in [2.45, 2.75) is 20.0 Å². The van der Waals surface area contributed by atoms with Crippen molar-refractivity contribution in [3.63, 3.8) is 0 Å². The summed E-state index contributed by atoms with van der Waals surface area (Å²) in [5, 5.41) is 3.39. The maximum absolute atomic E-state index is 5.71. The molecule has 1 heterocycles. The summed E-state index contributed by atoms with van der Waals surface area (Å²) in [4.78, 5) is 5.51. The van der Waals surface area contributed by atoms with E-state index in [1.165, 1.54) is 10.4 Å². The first-order chi connectivity index (χ1) is 7.75. The molecule has 0 atom stereocenters. The fourth-order valence-electron chi connectivity index (χ4n) is 1.52. The van der Waals surface area contributed by atoms with E-state index in [0.29, 0.717) is 0 Å². The summed E-state index contributed by atoms with van der Waals surface area (Å²) in [5.74, 6) is 0. The van der Waals surface area contributed by atoms with Gasteiger partial charge in [0.1, 0.15) is 0 Å². The molecule has 0 radical (unpaired) electrons. The number of hydrogen-bond donors (Lipinski definition) is 2. The molecule has 0 amide bonds. The molecule has 0 spiro atoms. The van der Waals surface area contributed by atoms with E-state index in [2.05, 4.69) is 16.4 Å². The SMILES string of the molecule is Cc1ncsc1CNCc1cccc(N)c1. The number of nitrogens with two attached hydrogens (primary N) is 1. The smallest absolute Gasteiger partial charge is 0.0798 e. The monoisotopic (exact) mass is 233 g/mol. The molecule has 0 saturated heterocycles. The normalized spacial score (nSPS) is 10.6. The zero-order valence-electron chi connectivity index (χ0n) is 9.23. The van der Waals surface area contributed by atoms with Crippen molar-refractivity contribution < 1.29 is 0 Å². The van der Waals surface area contributed by atoms with Gasteiger partial charge in [-0.1, -0.05) is 12.1 Å². The molecule has 4 heteroatoms. The Balaban J connectivity index is 1.87. The molecule has 3 nitrogen and oxygen atoms in total. The van der Waals surface area contributed by atoms with Crippen molar-refractivity contribution in [2.24, 2.45) is 0 Å². The first-order valence-electron chi connectivity index (χ1n) is 5.20. The predicted molar refractivity (Wildman–Crippen MR) is 68.2 cm³/mol. The van der Waals surface area contributed by atoms with Crippen LogP contribution in [-0.2, 0) is 13.1 Å². The van der Waals surface area contributed by atoms with Crippen LogP contribution in [0.5, 0.6) is 0 Å². The average Bonchev–Trinajstić information content (AvgIpc) is 2.65. The van der Waals surface area contributed by atoms with E-state index in [-0.39, 0.29) is 0 Å². The van der Waals surface area contributed by atoms with Crippen LogP contribution in [0.3, 0.4) is 0 Å². The summed E-state index contributed by atoms with van der Waals surface area (Å²) in [6, 6.07) is 7.94. The number of aromatic nitrogens is 1. The summed E-state index contributed by atoms with van der Waals surface area (Å²) >= 11 is 1.69. The molecule has 2 rings (SSSR count). The first-order valence-corrected chi connectivity index (χ1v) is 6.08. The first kappa shape index (κ1) is 11.1. The lowest BCUT2D eigenvalue weighted by atomic mass is 10.2. The van der Waals surface area contributed by atoms with Gasteiger partial charge in [0.05, 0.1) is 11.2 Å². The van der Waals surface area contributed by atoms with E-state index in [9.17, 15) is 0 Å². The number of benzene rings is 1. The molecule has 1 aromatic carbocycles. The summed E-state index contributed by atoms with van der Waals surface area (Å²) < 4.78 is 0. The molecular weight excluding hydrogens is 218 g/mol. The molecule has 1 aromatic heterocycles. The highest BCUT2D eigenvalue weighted by Gasteiger charge is 2.00. The van der Waals surface area contributed by atoms with Crippen LogP contribution in [0.4, 0.5) is 5.69 Å². The molecular formula is C12H15N3S. The minimum absolute atomic E-state index is 0.813. The molecule has 0 unspecified atom stereocenters. The molecule has 16 heavy (non-hydrogen) atoms. The van der Waals surface area contributed by atoms with E-state index in [0.717, 1.165) is 24.5 Å². The molecule has 0 fully saturated rings. The van der Waals surface area contributed by atoms with Crippen molar-refractivity contribution in [2.75, 3.05) is 5.73 Å². The lowest BCUT2D eigenvalue weighted by Crippen LogP contribution is -2.12. The Morgan fingerprint density at radius 1 is 1.38 bits per heavy atom. The second-order valence-corrected chi connectivity index (χ2v) is 4.65. The van der Waals surface area contributed by atoms with Gasteiger partial charge < -0.3 is 11.1 Å². The standard InChI is InChI=1S/C12H15N3S/c1-9-12(16-8-15-9)7-14-6-10-3-2-4-11(13)5-10/h2-5,8,14H,6-7,13H2,1H3. The zero-order valence-corrected chi connectivity index (χ0v) is 10.1. The van der Waals surface area contributed by atoms with Crippen molar-refractivity contribution in [3.8, 4) is 0 Å². The van der Waals surface area contributed by atoms with E-state index < -0.39 is 0 Å². The summed E-state index contributed by atoms with van der Waals surface area (Å²) in [6.07, 6.45) is 0. The number of nitrogens with zero attached hydrogens (tertiary/aromatic N) is 1. The van der Waals surface area contributed by atoms with Gasteiger partial charge in [0.15, 0.2) is 0 Å². The van der Waals surface area contributed by atoms with Crippen LogP contribution >= 0.6 is 11.3 Å². The van der Waals surface area contributed by atoms with Crippen molar-refractivity contribution in [1.29, 1.82) is 0 Å². The largest absolute Gasteiger partial charge is 0.399 e. The fourth-order valence-corrected chi connectivity index (χ4v) is 2.27. The number of hydrogen-bond acceptors (Lipinski definition) is 4. The van der Waals surface area contributed by atoms with Gasteiger partial charge in [-0.25, -0.2) is 4.98 Å². The molecule has 84 valence electrons. The highest BCUT2D eigenvalue weighted by Crippen LogP contribution is 2.12. The number of aryl methyl sites for hydroxylation is 1. The van der Waals surface area contributed by atoms with Gasteiger partial charge >= 0.3 is 0 Å². The summed E-state index contributed by atoms with van der Waals surface area (Å²) in [6.45, 7) is 3.74. The van der Waals surface area contributed by atoms with Gasteiger partial charge in [-0.15, -0.1) is 11.3 Å². The highest BCUT2D eigenvalue weighted by atomic mass is 32.1. The van der Waals surface area contributed by atoms with Crippen molar-refractivity contribution >= 4 is 17.0 Å². The van der Waals surface area contributed by atoms with Crippen LogP contribution in [0.1, 0.15) is 16.1 Å². The molecule has 3 N–H and O–H groups in total. The van der Waals surface area contributed by atoms with Gasteiger partial charge in [-0.05, 0) is 24.6 Å². The quantitative estimate of drug-likeness (QED) is 0.797. The summed E-state index contributed by atoms with van der Waals surface area (Å²) in [7, 11) is 0. The average molecular weight is 233 g/mol. The maximum atomic E-state index is 5.71. The zero-order chi connectivity index (χ0) is 11.4. The van der Waals surface area contributed by atoms with Gasteiger partial charge in [0, 0.05) is 23.7 Å². The van der Waals surface area contributed by atoms with Crippen molar-refractivity contribution in [1.82, 2.24) is 10.3 Å².